The van der Waals surface area contributed by atoms with E-state index in [1.54, 1.807) is 30.8 Å². The van der Waals surface area contributed by atoms with Crippen molar-refractivity contribution in [2.45, 2.75) is 13.3 Å². The third-order valence-corrected chi connectivity index (χ3v) is 2.70. The number of rotatable bonds is 5. The SMILES string of the molecule is CC(CCNC(=O)c1cc(Cl)cn1C)C(=O)O. The molecule has 17 heavy (non-hydrogen) atoms. The van der Waals surface area contributed by atoms with Crippen molar-refractivity contribution in [3.8, 4) is 0 Å². The van der Waals surface area contributed by atoms with Crippen molar-refractivity contribution in [2.24, 2.45) is 13.0 Å². The number of hydrogen-bond acceptors (Lipinski definition) is 2. The van der Waals surface area contributed by atoms with E-state index in [0.717, 1.165) is 0 Å². The van der Waals surface area contributed by atoms with Crippen molar-refractivity contribution in [2.75, 3.05) is 6.54 Å². The highest BCUT2D eigenvalue weighted by Crippen LogP contribution is 2.12. The number of amides is 1. The van der Waals surface area contributed by atoms with Crippen LogP contribution in [0.4, 0.5) is 0 Å². The Morgan fingerprint density at radius 2 is 2.24 bits per heavy atom. The first kappa shape index (κ1) is 13.6. The molecule has 0 saturated heterocycles. The molecular weight excluding hydrogens is 244 g/mol. The van der Waals surface area contributed by atoms with Gasteiger partial charge in [0.05, 0.1) is 10.9 Å². The zero-order valence-corrected chi connectivity index (χ0v) is 10.5. The quantitative estimate of drug-likeness (QED) is 0.841. The van der Waals surface area contributed by atoms with Gasteiger partial charge in [0.1, 0.15) is 5.69 Å². The largest absolute Gasteiger partial charge is 0.481 e. The maximum atomic E-state index is 11.7. The first-order chi connectivity index (χ1) is 7.91. The van der Waals surface area contributed by atoms with Crippen LogP contribution in [0.5, 0.6) is 0 Å². The number of halogens is 1. The average Bonchev–Trinajstić information content (AvgIpc) is 2.57. The van der Waals surface area contributed by atoms with Gasteiger partial charge in [-0.15, -0.1) is 0 Å². The molecule has 1 amide bonds. The first-order valence-electron chi connectivity index (χ1n) is 5.24. The van der Waals surface area contributed by atoms with Gasteiger partial charge in [0, 0.05) is 19.8 Å². The third kappa shape index (κ3) is 3.78. The van der Waals surface area contributed by atoms with Crippen LogP contribution in [0.15, 0.2) is 12.3 Å². The summed E-state index contributed by atoms with van der Waals surface area (Å²) in [4.78, 5) is 22.3. The molecule has 1 rings (SSSR count). The van der Waals surface area contributed by atoms with Gasteiger partial charge >= 0.3 is 5.97 Å². The van der Waals surface area contributed by atoms with Gasteiger partial charge in [-0.25, -0.2) is 0 Å². The minimum atomic E-state index is -0.860. The van der Waals surface area contributed by atoms with E-state index in [2.05, 4.69) is 5.32 Å². The number of aliphatic carboxylic acids is 1. The Bertz CT molecular complexity index is 428. The van der Waals surface area contributed by atoms with E-state index >= 15 is 0 Å². The molecule has 1 atom stereocenters. The van der Waals surface area contributed by atoms with Crippen molar-refractivity contribution < 1.29 is 14.7 Å². The number of carboxylic acid groups (broad SMARTS) is 1. The molecule has 1 heterocycles. The minimum absolute atomic E-state index is 0.253. The van der Waals surface area contributed by atoms with Crippen LogP contribution in [-0.4, -0.2) is 28.1 Å². The highest BCUT2D eigenvalue weighted by Gasteiger charge is 2.13. The van der Waals surface area contributed by atoms with E-state index in [0.29, 0.717) is 23.7 Å². The summed E-state index contributed by atoms with van der Waals surface area (Å²) in [6.45, 7) is 1.93. The third-order valence-electron chi connectivity index (χ3n) is 2.49. The lowest BCUT2D eigenvalue weighted by Gasteiger charge is -2.08. The topological polar surface area (TPSA) is 71.3 Å². The van der Waals surface area contributed by atoms with Crippen LogP contribution in [0.2, 0.25) is 5.02 Å². The van der Waals surface area contributed by atoms with Crippen LogP contribution in [0, 0.1) is 5.92 Å². The highest BCUT2D eigenvalue weighted by atomic mass is 35.5. The normalized spacial score (nSPS) is 12.2. The van der Waals surface area contributed by atoms with Gasteiger partial charge in [-0.3, -0.25) is 9.59 Å². The molecule has 5 nitrogen and oxygen atoms in total. The summed E-state index contributed by atoms with van der Waals surface area (Å²) in [5, 5.41) is 11.8. The lowest BCUT2D eigenvalue weighted by Crippen LogP contribution is -2.28. The number of nitrogens with zero attached hydrogens (tertiary/aromatic N) is 1. The molecular formula is C11H15ClN2O3. The number of nitrogens with one attached hydrogen (secondary N) is 1. The fourth-order valence-electron chi connectivity index (χ4n) is 1.37. The lowest BCUT2D eigenvalue weighted by atomic mass is 10.1. The molecule has 0 aliphatic heterocycles. The van der Waals surface area contributed by atoms with Crippen molar-refractivity contribution >= 4 is 23.5 Å². The molecule has 1 unspecified atom stereocenters. The van der Waals surface area contributed by atoms with Gasteiger partial charge in [0.15, 0.2) is 0 Å². The number of carbonyl (C=O) groups is 2. The van der Waals surface area contributed by atoms with Crippen LogP contribution in [0.1, 0.15) is 23.8 Å². The van der Waals surface area contributed by atoms with E-state index in [1.165, 1.54) is 0 Å². The molecule has 0 radical (unpaired) electrons. The van der Waals surface area contributed by atoms with E-state index in [9.17, 15) is 9.59 Å². The summed E-state index contributed by atoms with van der Waals surface area (Å²) in [5.41, 5.74) is 0.456. The Balaban J connectivity index is 2.45. The zero-order chi connectivity index (χ0) is 13.0. The first-order valence-corrected chi connectivity index (χ1v) is 5.62. The van der Waals surface area contributed by atoms with E-state index in [1.807, 2.05) is 0 Å². The summed E-state index contributed by atoms with van der Waals surface area (Å²) >= 11 is 5.76. The molecule has 0 aliphatic rings. The molecule has 94 valence electrons. The maximum Gasteiger partial charge on any atom is 0.306 e. The average molecular weight is 259 g/mol. The number of aryl methyl sites for hydroxylation is 1. The Labute approximate surface area is 104 Å². The Hall–Kier alpha value is -1.49. The van der Waals surface area contributed by atoms with E-state index in [4.69, 9.17) is 16.7 Å². The molecule has 0 saturated carbocycles. The fourth-order valence-corrected chi connectivity index (χ4v) is 1.62. The zero-order valence-electron chi connectivity index (χ0n) is 9.74. The molecule has 6 heteroatoms. The van der Waals surface area contributed by atoms with Crippen LogP contribution in [0.25, 0.3) is 0 Å². The summed E-state index contributed by atoms with van der Waals surface area (Å²) in [7, 11) is 1.72. The van der Waals surface area contributed by atoms with Crippen LogP contribution in [0.3, 0.4) is 0 Å². The summed E-state index contributed by atoms with van der Waals surface area (Å²) < 4.78 is 1.62. The molecule has 0 aromatic carbocycles. The van der Waals surface area contributed by atoms with Crippen LogP contribution in [-0.2, 0) is 11.8 Å². The predicted octanol–water partition coefficient (Wildman–Crippen LogP) is 1.52. The molecule has 0 aliphatic carbocycles. The molecule has 1 aromatic rings. The second-order valence-corrected chi connectivity index (χ2v) is 4.37. The van der Waals surface area contributed by atoms with Crippen molar-refractivity contribution in [3.05, 3.63) is 23.0 Å². The number of hydrogen-bond donors (Lipinski definition) is 2. The van der Waals surface area contributed by atoms with Gasteiger partial charge < -0.3 is 15.0 Å². The number of carboxylic acids is 1. The van der Waals surface area contributed by atoms with Gasteiger partial charge in [-0.2, -0.15) is 0 Å². The van der Waals surface area contributed by atoms with Gasteiger partial charge in [-0.1, -0.05) is 18.5 Å². The minimum Gasteiger partial charge on any atom is -0.481 e. The molecule has 0 bridgehead atoms. The second-order valence-electron chi connectivity index (χ2n) is 3.94. The number of aromatic nitrogens is 1. The lowest BCUT2D eigenvalue weighted by molar-refractivity contribution is -0.141. The Kier molecular flexibility index (Phi) is 4.57. The fraction of sp³-hybridized carbons (Fsp3) is 0.455. The monoisotopic (exact) mass is 258 g/mol. The molecule has 0 fully saturated rings. The molecule has 1 aromatic heterocycles. The van der Waals surface area contributed by atoms with Crippen LogP contribution >= 0.6 is 11.6 Å². The van der Waals surface area contributed by atoms with Gasteiger partial charge in [0.25, 0.3) is 5.91 Å². The van der Waals surface area contributed by atoms with E-state index in [-0.39, 0.29) is 5.91 Å². The summed E-state index contributed by atoms with van der Waals surface area (Å²) in [6.07, 6.45) is 2.04. The second kappa shape index (κ2) is 5.72. The predicted molar refractivity (Wildman–Crippen MR) is 64.2 cm³/mol. The van der Waals surface area contributed by atoms with Crippen LogP contribution < -0.4 is 5.32 Å². The Morgan fingerprint density at radius 3 is 2.71 bits per heavy atom. The molecule has 2 N–H and O–H groups in total. The number of carbonyl (C=O) groups excluding carboxylic acids is 1. The maximum absolute atomic E-state index is 11.7. The van der Waals surface area contributed by atoms with Gasteiger partial charge in [-0.05, 0) is 12.5 Å². The molecule has 0 spiro atoms. The highest BCUT2D eigenvalue weighted by molar-refractivity contribution is 6.31. The summed E-state index contributed by atoms with van der Waals surface area (Å²) in [6, 6.07) is 1.57. The Morgan fingerprint density at radius 1 is 1.59 bits per heavy atom. The van der Waals surface area contributed by atoms with E-state index < -0.39 is 11.9 Å². The van der Waals surface area contributed by atoms with Crippen molar-refractivity contribution in [1.29, 1.82) is 0 Å². The summed E-state index contributed by atoms with van der Waals surface area (Å²) in [5.74, 6) is -1.58. The van der Waals surface area contributed by atoms with Gasteiger partial charge in [0.2, 0.25) is 0 Å². The standard InChI is InChI=1S/C11H15ClN2O3/c1-7(11(16)17)3-4-13-10(15)9-5-8(12)6-14(9)2/h5-7H,3-4H2,1-2H3,(H,13,15)(H,16,17). The van der Waals surface area contributed by atoms with Crippen molar-refractivity contribution in [1.82, 2.24) is 9.88 Å². The van der Waals surface area contributed by atoms with Crippen molar-refractivity contribution in [3.63, 3.8) is 0 Å². The smallest absolute Gasteiger partial charge is 0.306 e.